The second-order valence-electron chi connectivity index (χ2n) is 8.18. The predicted octanol–water partition coefficient (Wildman–Crippen LogP) is 6.37. The van der Waals surface area contributed by atoms with Crippen molar-refractivity contribution in [2.45, 2.75) is 19.0 Å². The van der Waals surface area contributed by atoms with E-state index in [0.29, 0.717) is 34.6 Å². The Kier molecular flexibility index (Phi) is 5.51. The van der Waals surface area contributed by atoms with Crippen LogP contribution < -0.4 is 10.9 Å². The van der Waals surface area contributed by atoms with E-state index in [2.05, 4.69) is 5.32 Å². The van der Waals surface area contributed by atoms with Crippen LogP contribution in [0.2, 0.25) is 0 Å². The van der Waals surface area contributed by atoms with Gasteiger partial charge in [-0.2, -0.15) is 13.2 Å². The molecule has 4 nitrogen and oxygen atoms in total. The highest BCUT2D eigenvalue weighted by atomic mass is 19.4. The van der Waals surface area contributed by atoms with Crippen LogP contribution in [-0.2, 0) is 23.8 Å². The molecule has 0 unspecified atom stereocenters. The first kappa shape index (κ1) is 22.6. The third-order valence-corrected chi connectivity index (χ3v) is 5.86. The van der Waals surface area contributed by atoms with Crippen LogP contribution in [0.5, 0.6) is 0 Å². The smallest absolute Gasteiger partial charge is 0.418 e. The number of hydrogen-bond donors (Lipinski definition) is 1. The molecule has 0 atom stereocenters. The summed E-state index contributed by atoms with van der Waals surface area (Å²) in [7, 11) is 0. The lowest BCUT2D eigenvalue weighted by molar-refractivity contribution is -0.137. The SMILES string of the molecule is O=C(Cc1c(-c2ccccc2)c2cc3c(cc2oc1=O)C=CC3)Nc1ccc(F)cc1C(F)(F)F. The third-order valence-electron chi connectivity index (χ3n) is 5.86. The summed E-state index contributed by atoms with van der Waals surface area (Å²) in [5, 5.41) is 2.80. The second-order valence-corrected chi connectivity index (χ2v) is 8.18. The molecular formula is C27H17F4NO3. The fourth-order valence-electron chi connectivity index (χ4n) is 4.30. The van der Waals surface area contributed by atoms with Crippen molar-refractivity contribution in [1.82, 2.24) is 0 Å². The van der Waals surface area contributed by atoms with Gasteiger partial charge in [0.25, 0.3) is 0 Å². The summed E-state index contributed by atoms with van der Waals surface area (Å²) in [6, 6.07) is 14.6. The van der Waals surface area contributed by atoms with Crippen LogP contribution in [0.15, 0.2) is 76.0 Å². The van der Waals surface area contributed by atoms with E-state index in [1.165, 1.54) is 0 Å². The van der Waals surface area contributed by atoms with Crippen molar-refractivity contribution in [3.63, 3.8) is 0 Å². The molecule has 8 heteroatoms. The minimum Gasteiger partial charge on any atom is -0.422 e. The number of fused-ring (bicyclic) bond motifs is 2. The maximum absolute atomic E-state index is 13.4. The van der Waals surface area contributed by atoms with E-state index >= 15 is 0 Å². The Morgan fingerprint density at radius 1 is 1.03 bits per heavy atom. The molecule has 1 aromatic heterocycles. The molecule has 35 heavy (non-hydrogen) atoms. The number of nitrogens with one attached hydrogen (secondary N) is 1. The minimum atomic E-state index is -4.88. The lowest BCUT2D eigenvalue weighted by Gasteiger charge is -2.15. The Morgan fingerprint density at radius 2 is 1.80 bits per heavy atom. The summed E-state index contributed by atoms with van der Waals surface area (Å²) in [4.78, 5) is 25.8. The zero-order valence-corrected chi connectivity index (χ0v) is 18.1. The Hall–Kier alpha value is -4.20. The van der Waals surface area contributed by atoms with E-state index in [9.17, 15) is 27.2 Å². The van der Waals surface area contributed by atoms with Crippen molar-refractivity contribution in [3.05, 3.63) is 105 Å². The Balaban J connectivity index is 1.60. The van der Waals surface area contributed by atoms with Crippen LogP contribution >= 0.6 is 0 Å². The monoisotopic (exact) mass is 479 g/mol. The molecule has 0 fully saturated rings. The number of amides is 1. The fourth-order valence-corrected chi connectivity index (χ4v) is 4.30. The number of halogens is 4. The summed E-state index contributed by atoms with van der Waals surface area (Å²) in [6.45, 7) is 0. The number of benzene rings is 3. The van der Waals surface area contributed by atoms with E-state index in [0.717, 1.165) is 23.3 Å². The summed E-state index contributed by atoms with van der Waals surface area (Å²) < 4.78 is 59.0. The van der Waals surface area contributed by atoms with Crippen LogP contribution in [-0.4, -0.2) is 5.91 Å². The van der Waals surface area contributed by atoms with Crippen molar-refractivity contribution in [2.75, 3.05) is 5.32 Å². The van der Waals surface area contributed by atoms with Crippen molar-refractivity contribution in [1.29, 1.82) is 0 Å². The average molecular weight is 479 g/mol. The van der Waals surface area contributed by atoms with Gasteiger partial charge in [0.2, 0.25) is 5.91 Å². The van der Waals surface area contributed by atoms with Gasteiger partial charge in [-0.1, -0.05) is 42.5 Å². The van der Waals surface area contributed by atoms with Crippen LogP contribution in [0.1, 0.15) is 22.3 Å². The van der Waals surface area contributed by atoms with Crippen molar-refractivity contribution in [3.8, 4) is 11.1 Å². The average Bonchev–Trinajstić information content (AvgIpc) is 3.26. The van der Waals surface area contributed by atoms with Crippen molar-refractivity contribution < 1.29 is 26.8 Å². The lowest BCUT2D eigenvalue weighted by Crippen LogP contribution is -2.22. The van der Waals surface area contributed by atoms with E-state index in [-0.39, 0.29) is 5.56 Å². The zero-order chi connectivity index (χ0) is 24.7. The van der Waals surface area contributed by atoms with Gasteiger partial charge >= 0.3 is 11.8 Å². The Bertz CT molecular complexity index is 1550. The van der Waals surface area contributed by atoms with Gasteiger partial charge in [0, 0.05) is 10.9 Å². The quantitative estimate of drug-likeness (QED) is 0.273. The highest BCUT2D eigenvalue weighted by molar-refractivity contribution is 6.00. The molecule has 0 saturated carbocycles. The molecule has 0 radical (unpaired) electrons. The van der Waals surface area contributed by atoms with E-state index in [1.54, 1.807) is 36.4 Å². The number of rotatable bonds is 4. The first-order chi connectivity index (χ1) is 16.7. The molecule has 176 valence electrons. The minimum absolute atomic E-state index is 0.0165. The third kappa shape index (κ3) is 4.35. The highest BCUT2D eigenvalue weighted by Gasteiger charge is 2.34. The molecule has 1 heterocycles. The summed E-state index contributed by atoms with van der Waals surface area (Å²) in [6.07, 6.45) is -0.791. The normalized spacial score (nSPS) is 12.7. The molecule has 3 aromatic carbocycles. The van der Waals surface area contributed by atoms with Gasteiger partial charge in [0.15, 0.2) is 0 Å². The maximum Gasteiger partial charge on any atom is 0.418 e. The molecule has 5 rings (SSSR count). The van der Waals surface area contributed by atoms with Crippen molar-refractivity contribution in [2.24, 2.45) is 0 Å². The first-order valence-corrected chi connectivity index (χ1v) is 10.7. The van der Waals surface area contributed by atoms with E-state index in [4.69, 9.17) is 4.42 Å². The van der Waals surface area contributed by atoms with E-state index < -0.39 is 41.2 Å². The molecule has 1 aliphatic carbocycles. The van der Waals surface area contributed by atoms with Gasteiger partial charge < -0.3 is 9.73 Å². The number of alkyl halides is 3. The first-order valence-electron chi connectivity index (χ1n) is 10.7. The largest absolute Gasteiger partial charge is 0.422 e. The number of anilines is 1. The summed E-state index contributed by atoms with van der Waals surface area (Å²) >= 11 is 0. The van der Waals surface area contributed by atoms with Gasteiger partial charge in [-0.3, -0.25) is 4.79 Å². The Morgan fingerprint density at radius 3 is 2.54 bits per heavy atom. The van der Waals surface area contributed by atoms with Gasteiger partial charge in [-0.05, 0) is 53.4 Å². The standard InChI is InChI=1S/C27H17F4NO3/c28-18-9-10-22(21(13-18)27(29,30)31)32-24(33)14-20-25(15-5-2-1-3-6-15)19-11-16-7-4-8-17(16)12-23(19)35-26(20)34/h1-6,8-13H,7,14H2,(H,32,33). The summed E-state index contributed by atoms with van der Waals surface area (Å²) in [5.41, 5.74) is 0.796. The van der Waals surface area contributed by atoms with Crippen LogP contribution in [0.3, 0.4) is 0 Å². The highest BCUT2D eigenvalue weighted by Crippen LogP contribution is 2.36. The fraction of sp³-hybridized carbons (Fsp3) is 0.111. The molecule has 0 bridgehead atoms. The topological polar surface area (TPSA) is 59.3 Å². The van der Waals surface area contributed by atoms with Gasteiger partial charge in [0.05, 0.1) is 23.2 Å². The van der Waals surface area contributed by atoms with Crippen LogP contribution in [0.25, 0.3) is 28.2 Å². The maximum atomic E-state index is 13.4. The molecular weight excluding hydrogens is 462 g/mol. The molecule has 1 aliphatic rings. The number of hydrogen-bond acceptors (Lipinski definition) is 3. The van der Waals surface area contributed by atoms with E-state index in [1.807, 2.05) is 18.2 Å². The predicted molar refractivity (Wildman–Crippen MR) is 124 cm³/mol. The van der Waals surface area contributed by atoms with Crippen LogP contribution in [0.4, 0.5) is 23.2 Å². The lowest BCUT2D eigenvalue weighted by atomic mass is 9.93. The summed E-state index contributed by atoms with van der Waals surface area (Å²) in [5.74, 6) is -1.95. The molecule has 4 aromatic rings. The molecule has 0 aliphatic heterocycles. The molecule has 1 amide bonds. The van der Waals surface area contributed by atoms with Crippen molar-refractivity contribution >= 4 is 28.6 Å². The zero-order valence-electron chi connectivity index (χ0n) is 18.1. The second kappa shape index (κ2) is 8.54. The van der Waals surface area contributed by atoms with Gasteiger partial charge in [0.1, 0.15) is 11.4 Å². The molecule has 0 spiro atoms. The van der Waals surface area contributed by atoms with Crippen LogP contribution in [0, 0.1) is 5.82 Å². The van der Waals surface area contributed by atoms with Gasteiger partial charge in [-0.15, -0.1) is 0 Å². The number of carbonyl (C=O) groups excluding carboxylic acids is 1. The number of carbonyl (C=O) groups is 1. The number of allylic oxidation sites excluding steroid dienone is 1. The molecule has 0 saturated heterocycles. The molecule has 1 N–H and O–H groups in total. The van der Waals surface area contributed by atoms with Gasteiger partial charge in [-0.25, -0.2) is 9.18 Å². The Labute approximate surface area is 196 Å².